The van der Waals surface area contributed by atoms with Gasteiger partial charge in [-0.15, -0.1) is 12.4 Å². The number of anilines is 1. The number of carbonyl (C=O) groups is 2. The van der Waals surface area contributed by atoms with Crippen molar-refractivity contribution in [1.29, 1.82) is 0 Å². The molecule has 1 saturated heterocycles. The van der Waals surface area contributed by atoms with Crippen molar-refractivity contribution in [2.24, 2.45) is 5.41 Å². The first-order valence-corrected chi connectivity index (χ1v) is 10.6. The van der Waals surface area contributed by atoms with Gasteiger partial charge in [0.25, 0.3) is 5.91 Å². The summed E-state index contributed by atoms with van der Waals surface area (Å²) in [5.74, 6) is 0.510. The predicted octanol–water partition coefficient (Wildman–Crippen LogP) is 3.30. The van der Waals surface area contributed by atoms with Crippen molar-refractivity contribution in [3.8, 4) is 5.75 Å². The van der Waals surface area contributed by atoms with Gasteiger partial charge in [0.15, 0.2) is 6.73 Å². The van der Waals surface area contributed by atoms with Gasteiger partial charge >= 0.3 is 5.97 Å². The molecule has 0 saturated carbocycles. The first kappa shape index (κ1) is 25.2. The molecule has 2 heterocycles. The number of hydrogen-bond acceptors (Lipinski definition) is 7. The molecule has 2 aliphatic heterocycles. The summed E-state index contributed by atoms with van der Waals surface area (Å²) in [5, 5.41) is 5.08. The molecule has 0 unspecified atom stereocenters. The molecule has 1 aromatic rings. The van der Waals surface area contributed by atoms with Crippen LogP contribution in [0, 0.1) is 5.41 Å². The summed E-state index contributed by atoms with van der Waals surface area (Å²) in [5.41, 5.74) is 1.68. The molecule has 2 aliphatic rings. The fourth-order valence-corrected chi connectivity index (χ4v) is 3.78. The van der Waals surface area contributed by atoms with Gasteiger partial charge in [-0.05, 0) is 77.2 Å². The van der Waals surface area contributed by atoms with E-state index < -0.39 is 5.41 Å². The zero-order chi connectivity index (χ0) is 21.9. The van der Waals surface area contributed by atoms with Gasteiger partial charge < -0.3 is 14.8 Å². The molecule has 0 aromatic heterocycles. The number of esters is 1. The third kappa shape index (κ3) is 5.61. The van der Waals surface area contributed by atoms with Crippen LogP contribution in [0.2, 0.25) is 0 Å². The molecule has 0 aliphatic carbocycles. The number of benzene rings is 1. The molecule has 3 rings (SSSR count). The number of carbonyl (C=O) groups excluding carboxylic acids is 2. The van der Waals surface area contributed by atoms with Crippen molar-refractivity contribution >= 4 is 30.0 Å². The SMILES string of the molecule is CCON1CN(COC(=O)C(C)(C)C)C(=O)c2cc(OC)c(C3CCNCC3)cc21.Cl. The summed E-state index contributed by atoms with van der Waals surface area (Å²) in [4.78, 5) is 32.6. The van der Waals surface area contributed by atoms with Crippen molar-refractivity contribution < 1.29 is 23.9 Å². The molecular formula is C22H34ClN3O5. The lowest BCUT2D eigenvalue weighted by atomic mass is 9.88. The minimum Gasteiger partial charge on any atom is -0.496 e. The second-order valence-electron chi connectivity index (χ2n) is 8.73. The third-order valence-corrected chi connectivity index (χ3v) is 5.46. The van der Waals surface area contributed by atoms with E-state index in [-0.39, 0.29) is 37.7 Å². The molecule has 174 valence electrons. The summed E-state index contributed by atoms with van der Waals surface area (Å²) in [7, 11) is 1.63. The molecule has 1 fully saturated rings. The van der Waals surface area contributed by atoms with Crippen molar-refractivity contribution in [3.63, 3.8) is 0 Å². The Morgan fingerprint density at radius 1 is 1.23 bits per heavy atom. The first-order chi connectivity index (χ1) is 14.3. The molecule has 1 amide bonds. The minimum atomic E-state index is -0.636. The number of fused-ring (bicyclic) bond motifs is 1. The van der Waals surface area contributed by atoms with Gasteiger partial charge in [0.1, 0.15) is 12.4 Å². The van der Waals surface area contributed by atoms with Crippen LogP contribution in [0.5, 0.6) is 5.75 Å². The number of nitrogens with zero attached hydrogens (tertiary/aromatic N) is 2. The topological polar surface area (TPSA) is 80.3 Å². The number of ether oxygens (including phenoxy) is 2. The van der Waals surface area contributed by atoms with Gasteiger partial charge in [-0.3, -0.25) is 19.3 Å². The normalized spacial score (nSPS) is 17.1. The van der Waals surface area contributed by atoms with E-state index in [2.05, 4.69) is 5.32 Å². The Bertz CT molecular complexity index is 790. The number of piperidine rings is 1. The maximum absolute atomic E-state index is 13.2. The highest BCUT2D eigenvalue weighted by atomic mass is 35.5. The average Bonchev–Trinajstić information content (AvgIpc) is 2.73. The van der Waals surface area contributed by atoms with E-state index in [0.29, 0.717) is 23.8 Å². The second-order valence-corrected chi connectivity index (χ2v) is 8.73. The quantitative estimate of drug-likeness (QED) is 0.659. The number of methoxy groups -OCH3 is 1. The van der Waals surface area contributed by atoms with Crippen LogP contribution in [-0.4, -0.2) is 57.0 Å². The highest BCUT2D eigenvalue weighted by Gasteiger charge is 2.34. The number of hydroxylamine groups is 1. The minimum absolute atomic E-state index is 0. The molecule has 1 aromatic carbocycles. The first-order valence-electron chi connectivity index (χ1n) is 10.6. The van der Waals surface area contributed by atoms with Crippen LogP contribution in [0.4, 0.5) is 5.69 Å². The van der Waals surface area contributed by atoms with Crippen molar-refractivity contribution in [1.82, 2.24) is 10.2 Å². The number of amides is 1. The molecule has 9 heteroatoms. The van der Waals surface area contributed by atoms with Crippen LogP contribution in [0.15, 0.2) is 12.1 Å². The summed E-state index contributed by atoms with van der Waals surface area (Å²) < 4.78 is 11.0. The van der Waals surface area contributed by atoms with E-state index in [4.69, 9.17) is 14.3 Å². The second kappa shape index (κ2) is 10.5. The lowest BCUT2D eigenvalue weighted by molar-refractivity contribution is -0.157. The van der Waals surface area contributed by atoms with Gasteiger partial charge in [0, 0.05) is 0 Å². The average molecular weight is 456 g/mol. The van der Waals surface area contributed by atoms with E-state index in [1.54, 1.807) is 39.0 Å². The smallest absolute Gasteiger partial charge is 0.312 e. The Kier molecular flexibility index (Phi) is 8.57. The van der Waals surface area contributed by atoms with E-state index in [0.717, 1.165) is 37.2 Å². The number of nitrogens with one attached hydrogen (secondary N) is 1. The molecule has 1 N–H and O–H groups in total. The maximum Gasteiger partial charge on any atom is 0.312 e. The largest absolute Gasteiger partial charge is 0.496 e. The standard InChI is InChI=1S/C22H33N3O5.ClH/c1-6-30-25-13-24(14-29-21(27)22(2,3)4)20(26)17-12-19(28-5)16(11-18(17)25)15-7-9-23-10-8-15;/h11-12,15,23H,6-10,13-14H2,1-5H3;1H. The van der Waals surface area contributed by atoms with Crippen molar-refractivity contribution in [2.75, 3.05) is 45.3 Å². The maximum atomic E-state index is 13.2. The molecule has 0 atom stereocenters. The molecule has 0 spiro atoms. The Labute approximate surface area is 190 Å². The predicted molar refractivity (Wildman–Crippen MR) is 121 cm³/mol. The van der Waals surface area contributed by atoms with Crippen LogP contribution >= 0.6 is 12.4 Å². The van der Waals surface area contributed by atoms with Gasteiger partial charge in [-0.25, -0.2) is 5.06 Å². The van der Waals surface area contributed by atoms with Crippen LogP contribution < -0.4 is 15.1 Å². The van der Waals surface area contributed by atoms with Gasteiger partial charge in [0.2, 0.25) is 0 Å². The molecule has 0 radical (unpaired) electrons. The molecule has 0 bridgehead atoms. The van der Waals surface area contributed by atoms with Gasteiger partial charge in [0.05, 0.1) is 30.4 Å². The molecule has 8 nitrogen and oxygen atoms in total. The Morgan fingerprint density at radius 2 is 1.90 bits per heavy atom. The number of hydrogen-bond donors (Lipinski definition) is 1. The molecule has 31 heavy (non-hydrogen) atoms. The Hall–Kier alpha value is -2.03. The van der Waals surface area contributed by atoms with E-state index in [1.165, 1.54) is 4.90 Å². The van der Waals surface area contributed by atoms with Crippen LogP contribution in [0.25, 0.3) is 0 Å². The number of halogens is 1. The van der Waals surface area contributed by atoms with E-state index >= 15 is 0 Å². The van der Waals surface area contributed by atoms with Crippen molar-refractivity contribution in [2.45, 2.75) is 46.5 Å². The monoisotopic (exact) mass is 455 g/mol. The summed E-state index contributed by atoms with van der Waals surface area (Å²) in [6.45, 7) is 9.69. The lowest BCUT2D eigenvalue weighted by Gasteiger charge is -2.37. The van der Waals surface area contributed by atoms with E-state index in [9.17, 15) is 9.59 Å². The third-order valence-electron chi connectivity index (χ3n) is 5.46. The summed E-state index contributed by atoms with van der Waals surface area (Å²) in [6.07, 6.45) is 2.04. The van der Waals surface area contributed by atoms with Crippen LogP contribution in [0.1, 0.15) is 62.4 Å². The van der Waals surface area contributed by atoms with Crippen LogP contribution in [0.3, 0.4) is 0 Å². The summed E-state index contributed by atoms with van der Waals surface area (Å²) in [6, 6.07) is 3.81. The van der Waals surface area contributed by atoms with Crippen molar-refractivity contribution in [3.05, 3.63) is 23.3 Å². The number of rotatable bonds is 6. The molecular weight excluding hydrogens is 422 g/mol. The summed E-state index contributed by atoms with van der Waals surface area (Å²) >= 11 is 0. The van der Waals surface area contributed by atoms with Crippen LogP contribution in [-0.2, 0) is 14.4 Å². The van der Waals surface area contributed by atoms with E-state index in [1.807, 2.05) is 13.0 Å². The fourth-order valence-electron chi connectivity index (χ4n) is 3.78. The van der Waals surface area contributed by atoms with Gasteiger partial charge in [-0.2, -0.15) is 0 Å². The highest BCUT2D eigenvalue weighted by molar-refractivity contribution is 6.02. The highest BCUT2D eigenvalue weighted by Crippen LogP contribution is 2.40. The Balaban J connectivity index is 0.00000341. The lowest BCUT2D eigenvalue weighted by Crippen LogP contribution is -2.48. The fraction of sp³-hybridized carbons (Fsp3) is 0.636. The zero-order valence-electron chi connectivity index (χ0n) is 19.0. The zero-order valence-corrected chi connectivity index (χ0v) is 19.8. The Morgan fingerprint density at radius 3 is 2.48 bits per heavy atom. The van der Waals surface area contributed by atoms with Gasteiger partial charge in [-0.1, -0.05) is 0 Å².